The Labute approximate surface area is 122 Å². The van der Waals surface area contributed by atoms with Crippen molar-refractivity contribution in [2.75, 3.05) is 19.3 Å². The van der Waals surface area contributed by atoms with E-state index < -0.39 is 21.7 Å². The molecule has 0 unspecified atom stereocenters. The second-order valence-corrected chi connectivity index (χ2v) is 7.56. The van der Waals surface area contributed by atoms with Crippen LogP contribution in [0.3, 0.4) is 0 Å². The van der Waals surface area contributed by atoms with Crippen molar-refractivity contribution in [2.45, 2.75) is 59.1 Å². The van der Waals surface area contributed by atoms with Gasteiger partial charge in [0.15, 0.2) is 0 Å². The van der Waals surface area contributed by atoms with Gasteiger partial charge in [-0.1, -0.05) is 13.8 Å². The van der Waals surface area contributed by atoms with Gasteiger partial charge in [-0.2, -0.15) is 0 Å². The summed E-state index contributed by atoms with van der Waals surface area (Å²) in [4.78, 5) is 11.5. The number of carbonyl (C=O) groups excluding carboxylic acids is 1. The summed E-state index contributed by atoms with van der Waals surface area (Å²) in [5.41, 5.74) is -0.516. The summed E-state index contributed by atoms with van der Waals surface area (Å²) >= 11 is 0. The number of hydrogen-bond acceptors (Lipinski definition) is 4. The molecule has 0 atom stereocenters. The molecule has 0 aliphatic carbocycles. The third-order valence-electron chi connectivity index (χ3n) is 2.64. The molecule has 1 heterocycles. The molecule has 0 aromatic carbocycles. The number of nitrogens with one attached hydrogen (secondary N) is 1. The molecule has 0 saturated carbocycles. The maximum atomic E-state index is 11.5. The summed E-state index contributed by atoms with van der Waals surface area (Å²) in [6.45, 7) is 10.3. The number of hydrogen-bond donors (Lipinski definition) is 1. The van der Waals surface area contributed by atoms with Crippen molar-refractivity contribution in [3.05, 3.63) is 0 Å². The molecule has 1 aliphatic heterocycles. The molecule has 1 fully saturated rings. The summed E-state index contributed by atoms with van der Waals surface area (Å²) in [5.74, 6) is 0. The highest BCUT2D eigenvalue weighted by molar-refractivity contribution is 7.88. The number of ether oxygens (including phenoxy) is 1. The predicted octanol–water partition coefficient (Wildman–Crippen LogP) is 1.96. The van der Waals surface area contributed by atoms with Gasteiger partial charge in [0.1, 0.15) is 5.60 Å². The lowest BCUT2D eigenvalue weighted by atomic mass is 10.1. The smallest absolute Gasteiger partial charge is 0.407 e. The van der Waals surface area contributed by atoms with Crippen LogP contribution in [0, 0.1) is 0 Å². The molecule has 0 bridgehead atoms. The Balaban J connectivity index is 0.00000172. The van der Waals surface area contributed by atoms with E-state index in [0.29, 0.717) is 25.9 Å². The van der Waals surface area contributed by atoms with E-state index in [2.05, 4.69) is 5.32 Å². The molecular weight excluding hydrogens is 280 g/mol. The van der Waals surface area contributed by atoms with Crippen LogP contribution in [0.5, 0.6) is 0 Å². The molecular formula is C13H28N2O4S. The van der Waals surface area contributed by atoms with E-state index in [-0.39, 0.29) is 6.04 Å². The maximum Gasteiger partial charge on any atom is 0.407 e. The molecule has 1 saturated heterocycles. The van der Waals surface area contributed by atoms with Gasteiger partial charge < -0.3 is 10.1 Å². The minimum atomic E-state index is -3.12. The number of amides is 1. The second kappa shape index (κ2) is 7.83. The summed E-state index contributed by atoms with van der Waals surface area (Å²) in [6, 6.07) is -0.0159. The third-order valence-corrected chi connectivity index (χ3v) is 3.95. The monoisotopic (exact) mass is 308 g/mol. The highest BCUT2D eigenvalue weighted by Gasteiger charge is 2.27. The average Bonchev–Trinajstić information content (AvgIpc) is 2.28. The zero-order chi connectivity index (χ0) is 16.0. The van der Waals surface area contributed by atoms with E-state index in [1.54, 1.807) is 20.8 Å². The standard InChI is InChI=1S/C11H22N2O4S.C2H6/c1-11(2,3)17-10(14)12-9-5-7-13(8-6-9)18(4,15)16;1-2/h9H,5-8H2,1-4H3,(H,12,14);1-2H3. The molecule has 1 amide bonds. The van der Waals surface area contributed by atoms with Crippen molar-refractivity contribution in [1.29, 1.82) is 0 Å². The lowest BCUT2D eigenvalue weighted by Crippen LogP contribution is -2.47. The van der Waals surface area contributed by atoms with Gasteiger partial charge in [0.05, 0.1) is 6.26 Å². The molecule has 0 spiro atoms. The van der Waals surface area contributed by atoms with Gasteiger partial charge in [-0.15, -0.1) is 0 Å². The lowest BCUT2D eigenvalue weighted by Gasteiger charge is -2.31. The summed E-state index contributed by atoms with van der Waals surface area (Å²) in [5, 5.41) is 2.76. The van der Waals surface area contributed by atoms with E-state index >= 15 is 0 Å². The molecule has 0 aromatic rings. The van der Waals surface area contributed by atoms with Crippen LogP contribution in [-0.2, 0) is 14.8 Å². The van der Waals surface area contributed by atoms with Crippen LogP contribution in [0.1, 0.15) is 47.5 Å². The first-order chi connectivity index (χ1) is 9.08. The largest absolute Gasteiger partial charge is 0.444 e. The molecule has 120 valence electrons. The highest BCUT2D eigenvalue weighted by Crippen LogP contribution is 2.14. The van der Waals surface area contributed by atoms with Gasteiger partial charge >= 0.3 is 6.09 Å². The molecule has 1 N–H and O–H groups in total. The Bertz CT molecular complexity index is 393. The normalized spacial score (nSPS) is 17.9. The van der Waals surface area contributed by atoms with Crippen LogP contribution in [0.4, 0.5) is 4.79 Å². The van der Waals surface area contributed by atoms with E-state index in [9.17, 15) is 13.2 Å². The Morgan fingerprint density at radius 1 is 1.20 bits per heavy atom. The SMILES string of the molecule is CC.CC(C)(C)OC(=O)NC1CCN(S(C)(=O)=O)CC1. The Morgan fingerprint density at radius 2 is 1.65 bits per heavy atom. The zero-order valence-corrected chi connectivity index (χ0v) is 14.2. The first-order valence-electron chi connectivity index (χ1n) is 7.02. The fourth-order valence-corrected chi connectivity index (χ4v) is 2.68. The van der Waals surface area contributed by atoms with Gasteiger partial charge in [-0.05, 0) is 33.6 Å². The second-order valence-electron chi connectivity index (χ2n) is 5.58. The molecule has 0 radical (unpaired) electrons. The van der Waals surface area contributed by atoms with E-state index in [0.717, 1.165) is 0 Å². The van der Waals surface area contributed by atoms with Crippen molar-refractivity contribution in [3.8, 4) is 0 Å². The molecule has 0 aromatic heterocycles. The van der Waals surface area contributed by atoms with E-state index in [4.69, 9.17) is 4.74 Å². The van der Waals surface area contributed by atoms with Crippen molar-refractivity contribution < 1.29 is 17.9 Å². The van der Waals surface area contributed by atoms with Crippen LogP contribution in [0.15, 0.2) is 0 Å². The topological polar surface area (TPSA) is 75.7 Å². The summed E-state index contributed by atoms with van der Waals surface area (Å²) < 4.78 is 29.2. The predicted molar refractivity (Wildman–Crippen MR) is 80.2 cm³/mol. The number of carbonyl (C=O) groups is 1. The molecule has 6 nitrogen and oxygen atoms in total. The first-order valence-corrected chi connectivity index (χ1v) is 8.87. The van der Waals surface area contributed by atoms with Gasteiger partial charge in [0.25, 0.3) is 0 Å². The zero-order valence-electron chi connectivity index (χ0n) is 13.4. The van der Waals surface area contributed by atoms with Gasteiger partial charge in [-0.25, -0.2) is 17.5 Å². The number of rotatable bonds is 2. The maximum absolute atomic E-state index is 11.5. The first kappa shape index (κ1) is 19.2. The number of nitrogens with zero attached hydrogens (tertiary/aromatic N) is 1. The fourth-order valence-electron chi connectivity index (χ4n) is 1.81. The molecule has 1 aliphatic rings. The van der Waals surface area contributed by atoms with Crippen LogP contribution >= 0.6 is 0 Å². The average molecular weight is 308 g/mol. The Kier molecular flexibility index (Phi) is 7.51. The summed E-state index contributed by atoms with van der Waals surface area (Å²) in [7, 11) is -3.12. The van der Waals surface area contributed by atoms with Crippen LogP contribution in [0.2, 0.25) is 0 Å². The number of sulfonamides is 1. The lowest BCUT2D eigenvalue weighted by molar-refractivity contribution is 0.0489. The quantitative estimate of drug-likeness (QED) is 0.846. The van der Waals surface area contributed by atoms with E-state index in [1.807, 2.05) is 13.8 Å². The van der Waals surface area contributed by atoms with Crippen molar-refractivity contribution in [3.63, 3.8) is 0 Å². The van der Waals surface area contributed by atoms with Crippen LogP contribution in [0.25, 0.3) is 0 Å². The Morgan fingerprint density at radius 3 is 2.00 bits per heavy atom. The third kappa shape index (κ3) is 7.69. The van der Waals surface area contributed by atoms with Crippen molar-refractivity contribution in [2.24, 2.45) is 0 Å². The molecule has 1 rings (SSSR count). The fraction of sp³-hybridized carbons (Fsp3) is 0.923. The van der Waals surface area contributed by atoms with Gasteiger partial charge in [0, 0.05) is 19.1 Å². The van der Waals surface area contributed by atoms with Crippen LogP contribution in [-0.4, -0.2) is 49.8 Å². The minimum absolute atomic E-state index is 0.0159. The van der Waals surface area contributed by atoms with Gasteiger partial charge in [-0.3, -0.25) is 0 Å². The van der Waals surface area contributed by atoms with Crippen molar-refractivity contribution in [1.82, 2.24) is 9.62 Å². The molecule has 7 heteroatoms. The van der Waals surface area contributed by atoms with E-state index in [1.165, 1.54) is 10.6 Å². The highest BCUT2D eigenvalue weighted by atomic mass is 32.2. The van der Waals surface area contributed by atoms with Crippen LogP contribution < -0.4 is 5.32 Å². The number of piperidine rings is 1. The van der Waals surface area contributed by atoms with Crippen molar-refractivity contribution >= 4 is 16.1 Å². The summed E-state index contributed by atoms with van der Waals surface area (Å²) in [6.07, 6.45) is 1.99. The number of alkyl carbamates (subject to hydrolysis) is 1. The minimum Gasteiger partial charge on any atom is -0.444 e. The molecule has 20 heavy (non-hydrogen) atoms. The van der Waals surface area contributed by atoms with Gasteiger partial charge in [0.2, 0.25) is 10.0 Å². The Hall–Kier alpha value is -0.820.